The Morgan fingerprint density at radius 1 is 1.53 bits per heavy atom. The molecule has 6 heteroatoms. The van der Waals surface area contributed by atoms with Crippen LogP contribution in [0.4, 0.5) is 4.79 Å². The van der Waals surface area contributed by atoms with Gasteiger partial charge in [0.1, 0.15) is 0 Å². The first-order chi connectivity index (χ1) is 8.06. The van der Waals surface area contributed by atoms with Gasteiger partial charge in [-0.25, -0.2) is 4.79 Å². The minimum Gasteiger partial charge on any atom is -0.394 e. The number of hydrogen-bond acceptors (Lipinski definition) is 3. The topological polar surface area (TPSA) is 61.4 Å². The Kier molecular flexibility index (Phi) is 5.74. The molecular formula is C11H17ClN2O2S. The van der Waals surface area contributed by atoms with E-state index in [0.29, 0.717) is 10.8 Å². The summed E-state index contributed by atoms with van der Waals surface area (Å²) >= 11 is 7.27. The molecule has 0 saturated heterocycles. The van der Waals surface area contributed by atoms with Crippen LogP contribution in [-0.2, 0) is 0 Å². The van der Waals surface area contributed by atoms with E-state index in [2.05, 4.69) is 10.6 Å². The molecule has 0 saturated carbocycles. The summed E-state index contributed by atoms with van der Waals surface area (Å²) in [4.78, 5) is 12.6. The van der Waals surface area contributed by atoms with E-state index in [4.69, 9.17) is 16.7 Å². The lowest BCUT2D eigenvalue weighted by Crippen LogP contribution is -2.44. The number of carbonyl (C=O) groups excluding carboxylic acids is 1. The van der Waals surface area contributed by atoms with E-state index >= 15 is 0 Å². The van der Waals surface area contributed by atoms with Crippen LogP contribution in [0.3, 0.4) is 0 Å². The van der Waals surface area contributed by atoms with Crippen molar-refractivity contribution in [2.24, 2.45) is 0 Å². The Bertz CT molecular complexity index is 366. The van der Waals surface area contributed by atoms with Gasteiger partial charge in [-0.2, -0.15) is 0 Å². The third-order valence-electron chi connectivity index (χ3n) is 2.42. The summed E-state index contributed by atoms with van der Waals surface area (Å²) in [6.07, 6.45) is 0.698. The Labute approximate surface area is 110 Å². The predicted molar refractivity (Wildman–Crippen MR) is 70.6 cm³/mol. The van der Waals surface area contributed by atoms with Gasteiger partial charge in [-0.15, -0.1) is 11.3 Å². The zero-order valence-corrected chi connectivity index (χ0v) is 11.4. The van der Waals surface area contributed by atoms with Crippen molar-refractivity contribution in [3.8, 4) is 0 Å². The number of halogens is 1. The van der Waals surface area contributed by atoms with Crippen molar-refractivity contribution < 1.29 is 9.90 Å². The maximum Gasteiger partial charge on any atom is 0.315 e. The van der Waals surface area contributed by atoms with Crippen LogP contribution in [0.15, 0.2) is 12.1 Å². The molecule has 96 valence electrons. The molecule has 0 aliphatic rings. The number of nitrogens with one attached hydrogen (secondary N) is 2. The van der Waals surface area contributed by atoms with Gasteiger partial charge in [0.15, 0.2) is 0 Å². The molecule has 1 aromatic heterocycles. The molecule has 4 nitrogen and oxygen atoms in total. The third kappa shape index (κ3) is 4.53. The smallest absolute Gasteiger partial charge is 0.315 e. The summed E-state index contributed by atoms with van der Waals surface area (Å²) in [7, 11) is 0. The van der Waals surface area contributed by atoms with Gasteiger partial charge in [0.2, 0.25) is 0 Å². The number of aliphatic hydroxyl groups excluding tert-OH is 1. The summed E-state index contributed by atoms with van der Waals surface area (Å²) < 4.78 is 0.704. The van der Waals surface area contributed by atoms with Crippen LogP contribution < -0.4 is 10.6 Å². The summed E-state index contributed by atoms with van der Waals surface area (Å²) in [5.41, 5.74) is 0. The quantitative estimate of drug-likeness (QED) is 0.774. The van der Waals surface area contributed by atoms with Gasteiger partial charge < -0.3 is 15.7 Å². The van der Waals surface area contributed by atoms with E-state index < -0.39 is 0 Å². The normalized spacial score (nSPS) is 14.1. The number of rotatable bonds is 5. The second kappa shape index (κ2) is 6.83. The minimum absolute atomic E-state index is 0.0524. The van der Waals surface area contributed by atoms with Gasteiger partial charge in [-0.05, 0) is 25.5 Å². The van der Waals surface area contributed by atoms with Crippen molar-refractivity contribution in [3.63, 3.8) is 0 Å². The van der Waals surface area contributed by atoms with Gasteiger partial charge in [0, 0.05) is 4.88 Å². The molecule has 0 radical (unpaired) electrons. The Morgan fingerprint density at radius 2 is 2.24 bits per heavy atom. The van der Waals surface area contributed by atoms with E-state index in [1.54, 1.807) is 6.07 Å². The van der Waals surface area contributed by atoms with Gasteiger partial charge in [-0.3, -0.25) is 0 Å². The van der Waals surface area contributed by atoms with Crippen molar-refractivity contribution in [3.05, 3.63) is 21.3 Å². The SMILES string of the molecule is CCC(CO)NC(=O)NC(C)c1ccc(Cl)s1. The molecule has 0 aromatic carbocycles. The van der Waals surface area contributed by atoms with Crippen LogP contribution in [-0.4, -0.2) is 23.8 Å². The number of hydrogen-bond donors (Lipinski definition) is 3. The zero-order chi connectivity index (χ0) is 12.8. The molecular weight excluding hydrogens is 260 g/mol. The van der Waals surface area contributed by atoms with Crippen LogP contribution in [0.5, 0.6) is 0 Å². The molecule has 0 aliphatic heterocycles. The van der Waals surface area contributed by atoms with E-state index in [-0.39, 0.29) is 24.7 Å². The van der Waals surface area contributed by atoms with Gasteiger partial charge in [-0.1, -0.05) is 18.5 Å². The average Bonchev–Trinajstić information content (AvgIpc) is 2.72. The summed E-state index contributed by atoms with van der Waals surface area (Å²) in [5.74, 6) is 0. The molecule has 0 aliphatic carbocycles. The van der Waals surface area contributed by atoms with Crippen LogP contribution in [0.1, 0.15) is 31.2 Å². The largest absolute Gasteiger partial charge is 0.394 e. The summed E-state index contributed by atoms with van der Waals surface area (Å²) in [6, 6.07) is 3.13. The van der Waals surface area contributed by atoms with E-state index in [0.717, 1.165) is 4.88 Å². The Balaban J connectivity index is 2.45. The second-order valence-corrected chi connectivity index (χ2v) is 5.52. The Morgan fingerprint density at radius 3 is 2.71 bits per heavy atom. The zero-order valence-electron chi connectivity index (χ0n) is 9.87. The summed E-state index contributed by atoms with van der Waals surface area (Å²) in [6.45, 7) is 3.74. The highest BCUT2D eigenvalue weighted by atomic mass is 35.5. The minimum atomic E-state index is -0.275. The van der Waals surface area contributed by atoms with Crippen LogP contribution in [0.25, 0.3) is 0 Å². The second-order valence-electron chi connectivity index (χ2n) is 3.77. The van der Waals surface area contributed by atoms with Crippen molar-refractivity contribution in [2.45, 2.75) is 32.4 Å². The lowest BCUT2D eigenvalue weighted by Gasteiger charge is -2.17. The van der Waals surface area contributed by atoms with Crippen molar-refractivity contribution in [2.75, 3.05) is 6.61 Å². The molecule has 0 fully saturated rings. The molecule has 17 heavy (non-hydrogen) atoms. The van der Waals surface area contributed by atoms with Crippen molar-refractivity contribution in [1.82, 2.24) is 10.6 Å². The molecule has 1 heterocycles. The highest BCUT2D eigenvalue weighted by Crippen LogP contribution is 2.26. The first kappa shape index (κ1) is 14.3. The molecule has 1 rings (SSSR count). The van der Waals surface area contributed by atoms with E-state index in [1.165, 1.54) is 11.3 Å². The number of thiophene rings is 1. The number of aliphatic hydroxyl groups is 1. The molecule has 0 spiro atoms. The number of amides is 2. The van der Waals surface area contributed by atoms with Gasteiger partial charge in [0.05, 0.1) is 23.0 Å². The fourth-order valence-corrected chi connectivity index (χ4v) is 2.40. The van der Waals surface area contributed by atoms with Crippen molar-refractivity contribution in [1.29, 1.82) is 0 Å². The fourth-order valence-electron chi connectivity index (χ4n) is 1.33. The molecule has 2 amide bonds. The molecule has 1 aromatic rings. The highest BCUT2D eigenvalue weighted by molar-refractivity contribution is 7.16. The predicted octanol–water partition coefficient (Wildman–Crippen LogP) is 2.53. The lowest BCUT2D eigenvalue weighted by atomic mass is 10.2. The average molecular weight is 277 g/mol. The maximum absolute atomic E-state index is 11.6. The highest BCUT2D eigenvalue weighted by Gasteiger charge is 2.13. The first-order valence-electron chi connectivity index (χ1n) is 5.50. The van der Waals surface area contributed by atoms with Gasteiger partial charge in [0.25, 0.3) is 0 Å². The number of urea groups is 1. The Hall–Kier alpha value is -0.780. The van der Waals surface area contributed by atoms with E-state index in [1.807, 2.05) is 19.9 Å². The maximum atomic E-state index is 11.6. The van der Waals surface area contributed by atoms with Crippen molar-refractivity contribution >= 4 is 29.0 Å². The molecule has 2 atom stereocenters. The van der Waals surface area contributed by atoms with Gasteiger partial charge >= 0.3 is 6.03 Å². The lowest BCUT2D eigenvalue weighted by molar-refractivity contribution is 0.212. The summed E-state index contributed by atoms with van der Waals surface area (Å²) in [5, 5.41) is 14.5. The standard InChI is InChI=1S/C11H17ClN2O2S/c1-3-8(6-15)14-11(16)13-7(2)9-4-5-10(12)17-9/h4-5,7-8,15H,3,6H2,1-2H3,(H2,13,14,16). The third-order valence-corrected chi connectivity index (χ3v) is 3.83. The monoisotopic (exact) mass is 276 g/mol. The first-order valence-corrected chi connectivity index (χ1v) is 6.69. The molecule has 3 N–H and O–H groups in total. The fraction of sp³-hybridized carbons (Fsp3) is 0.545. The molecule has 2 unspecified atom stereocenters. The number of carbonyl (C=O) groups is 1. The van der Waals surface area contributed by atoms with Crippen LogP contribution in [0, 0.1) is 0 Å². The van der Waals surface area contributed by atoms with E-state index in [9.17, 15) is 4.79 Å². The van der Waals surface area contributed by atoms with Crippen LogP contribution >= 0.6 is 22.9 Å². The molecule has 0 bridgehead atoms. The van der Waals surface area contributed by atoms with Crippen LogP contribution in [0.2, 0.25) is 4.34 Å².